The number of nitrogens with one attached hydrogen (secondary N) is 1. The van der Waals surface area contributed by atoms with Crippen LogP contribution in [0.2, 0.25) is 0 Å². The number of likely N-dealkylation sites (N-methyl/N-ethyl adjacent to an activating group) is 1. The average molecular weight is 262 g/mol. The number of benzene rings is 1. The molecule has 2 atom stereocenters. The van der Waals surface area contributed by atoms with Gasteiger partial charge in [0.2, 0.25) is 0 Å². The maximum atomic E-state index is 9.99. The van der Waals surface area contributed by atoms with Crippen LogP contribution in [-0.2, 0) is 0 Å². The zero-order valence-corrected chi connectivity index (χ0v) is 12.1. The lowest BCUT2D eigenvalue weighted by Crippen LogP contribution is -2.44. The second-order valence-corrected chi connectivity index (χ2v) is 5.47. The molecule has 0 bridgehead atoms. The van der Waals surface area contributed by atoms with Gasteiger partial charge in [-0.15, -0.1) is 0 Å². The van der Waals surface area contributed by atoms with Crippen LogP contribution >= 0.6 is 0 Å². The predicted octanol–water partition coefficient (Wildman–Crippen LogP) is 2.92. The summed E-state index contributed by atoms with van der Waals surface area (Å²) in [6.45, 7) is 7.59. The SMILES string of the molecule is CCN(CC1CCCCN1)C(C)c1ccccc1O. The number of phenolic OH excluding ortho intramolecular Hbond substituents is 1. The Morgan fingerprint density at radius 1 is 1.37 bits per heavy atom. The second-order valence-electron chi connectivity index (χ2n) is 5.47. The summed E-state index contributed by atoms with van der Waals surface area (Å²) in [5.41, 5.74) is 1.03. The number of nitrogens with zero attached hydrogens (tertiary/aromatic N) is 1. The molecule has 1 heterocycles. The molecule has 1 aromatic carbocycles. The molecule has 1 aromatic rings. The van der Waals surface area contributed by atoms with Crippen molar-refractivity contribution in [1.29, 1.82) is 0 Å². The summed E-state index contributed by atoms with van der Waals surface area (Å²) in [6, 6.07) is 8.54. The maximum absolute atomic E-state index is 9.99. The first-order valence-electron chi connectivity index (χ1n) is 7.47. The maximum Gasteiger partial charge on any atom is 0.120 e. The molecule has 2 N–H and O–H groups in total. The fraction of sp³-hybridized carbons (Fsp3) is 0.625. The molecule has 2 rings (SSSR count). The minimum Gasteiger partial charge on any atom is -0.508 e. The Hall–Kier alpha value is -1.06. The molecule has 106 valence electrons. The van der Waals surface area contributed by atoms with Gasteiger partial charge in [0.05, 0.1) is 0 Å². The van der Waals surface area contributed by atoms with E-state index in [1.54, 1.807) is 6.07 Å². The summed E-state index contributed by atoms with van der Waals surface area (Å²) >= 11 is 0. The summed E-state index contributed by atoms with van der Waals surface area (Å²) in [6.07, 6.45) is 3.90. The van der Waals surface area contributed by atoms with Crippen molar-refractivity contribution in [2.75, 3.05) is 19.6 Å². The highest BCUT2D eigenvalue weighted by Crippen LogP contribution is 2.28. The molecule has 2 unspecified atom stereocenters. The zero-order valence-electron chi connectivity index (χ0n) is 12.1. The Balaban J connectivity index is 2.02. The van der Waals surface area contributed by atoms with Crippen molar-refractivity contribution in [3.8, 4) is 5.75 Å². The van der Waals surface area contributed by atoms with E-state index >= 15 is 0 Å². The van der Waals surface area contributed by atoms with Gasteiger partial charge in [-0.2, -0.15) is 0 Å². The minimum absolute atomic E-state index is 0.259. The van der Waals surface area contributed by atoms with Gasteiger partial charge in [-0.25, -0.2) is 0 Å². The highest BCUT2D eigenvalue weighted by molar-refractivity contribution is 5.34. The number of phenols is 1. The smallest absolute Gasteiger partial charge is 0.120 e. The fourth-order valence-electron chi connectivity index (χ4n) is 2.96. The summed E-state index contributed by atoms with van der Waals surface area (Å²) in [5, 5.41) is 13.6. The fourth-order valence-corrected chi connectivity index (χ4v) is 2.96. The molecule has 1 aliphatic heterocycles. The van der Waals surface area contributed by atoms with Crippen molar-refractivity contribution in [2.45, 2.75) is 45.2 Å². The van der Waals surface area contributed by atoms with Gasteiger partial charge in [0.1, 0.15) is 5.75 Å². The summed E-state index contributed by atoms with van der Waals surface area (Å²) in [7, 11) is 0. The molecule has 0 radical (unpaired) electrons. The number of aromatic hydroxyl groups is 1. The monoisotopic (exact) mass is 262 g/mol. The van der Waals surface area contributed by atoms with Gasteiger partial charge in [0, 0.05) is 24.2 Å². The largest absolute Gasteiger partial charge is 0.508 e. The Kier molecular flexibility index (Phi) is 5.23. The lowest BCUT2D eigenvalue weighted by molar-refractivity contribution is 0.182. The van der Waals surface area contributed by atoms with Gasteiger partial charge in [0.15, 0.2) is 0 Å². The van der Waals surface area contributed by atoms with E-state index in [-0.39, 0.29) is 6.04 Å². The first-order chi connectivity index (χ1) is 9.22. The van der Waals surface area contributed by atoms with Crippen molar-refractivity contribution in [3.05, 3.63) is 29.8 Å². The molecule has 19 heavy (non-hydrogen) atoms. The van der Waals surface area contributed by atoms with E-state index in [1.807, 2.05) is 18.2 Å². The second kappa shape index (κ2) is 6.92. The van der Waals surface area contributed by atoms with Gasteiger partial charge < -0.3 is 10.4 Å². The molecule has 0 amide bonds. The molecule has 0 saturated carbocycles. The van der Waals surface area contributed by atoms with Crippen LogP contribution in [0.25, 0.3) is 0 Å². The van der Waals surface area contributed by atoms with Crippen LogP contribution in [0, 0.1) is 0 Å². The third-order valence-electron chi connectivity index (χ3n) is 4.21. The van der Waals surface area contributed by atoms with Crippen molar-refractivity contribution in [3.63, 3.8) is 0 Å². The normalized spacial score (nSPS) is 21.5. The number of rotatable bonds is 5. The first kappa shape index (κ1) is 14.4. The summed E-state index contributed by atoms with van der Waals surface area (Å²) in [4.78, 5) is 2.44. The number of hydrogen-bond donors (Lipinski definition) is 2. The van der Waals surface area contributed by atoms with Crippen LogP contribution in [0.4, 0.5) is 0 Å². The van der Waals surface area contributed by atoms with Crippen molar-refractivity contribution < 1.29 is 5.11 Å². The summed E-state index contributed by atoms with van der Waals surface area (Å²) < 4.78 is 0. The number of piperidine rings is 1. The van der Waals surface area contributed by atoms with E-state index in [9.17, 15) is 5.11 Å². The average Bonchev–Trinajstić information content (AvgIpc) is 2.46. The van der Waals surface area contributed by atoms with Crippen LogP contribution in [0.1, 0.15) is 44.7 Å². The first-order valence-corrected chi connectivity index (χ1v) is 7.47. The van der Waals surface area contributed by atoms with Crippen LogP contribution in [-0.4, -0.2) is 35.7 Å². The topological polar surface area (TPSA) is 35.5 Å². The number of para-hydroxylation sites is 1. The van der Waals surface area contributed by atoms with Gasteiger partial charge in [-0.1, -0.05) is 31.5 Å². The Morgan fingerprint density at radius 3 is 2.79 bits per heavy atom. The van der Waals surface area contributed by atoms with Crippen LogP contribution < -0.4 is 5.32 Å². The van der Waals surface area contributed by atoms with Crippen LogP contribution in [0.15, 0.2) is 24.3 Å². The molecule has 1 fully saturated rings. The standard InChI is InChI=1S/C16H26N2O/c1-3-18(12-14-8-6-7-11-17-14)13(2)15-9-4-5-10-16(15)19/h4-5,9-10,13-14,17,19H,3,6-8,11-12H2,1-2H3. The van der Waals surface area contributed by atoms with Gasteiger partial charge in [0.25, 0.3) is 0 Å². The quantitative estimate of drug-likeness (QED) is 0.856. The van der Waals surface area contributed by atoms with E-state index in [4.69, 9.17) is 0 Å². The van der Waals surface area contributed by atoms with Crippen molar-refractivity contribution >= 4 is 0 Å². The van der Waals surface area contributed by atoms with E-state index in [0.717, 1.165) is 25.2 Å². The van der Waals surface area contributed by atoms with Gasteiger partial charge in [-0.05, 0) is 38.9 Å². The zero-order chi connectivity index (χ0) is 13.7. The van der Waals surface area contributed by atoms with Gasteiger partial charge >= 0.3 is 0 Å². The molecule has 1 saturated heterocycles. The Bertz CT molecular complexity index is 388. The molecule has 0 aromatic heterocycles. The summed E-state index contributed by atoms with van der Waals surface area (Å²) in [5.74, 6) is 0.407. The predicted molar refractivity (Wildman–Crippen MR) is 79.4 cm³/mol. The molecular formula is C16H26N2O. The highest BCUT2D eigenvalue weighted by Gasteiger charge is 2.21. The minimum atomic E-state index is 0.259. The third kappa shape index (κ3) is 3.71. The lowest BCUT2D eigenvalue weighted by Gasteiger charge is -2.34. The van der Waals surface area contributed by atoms with E-state index < -0.39 is 0 Å². The molecule has 3 nitrogen and oxygen atoms in total. The van der Waals surface area contributed by atoms with E-state index in [2.05, 4.69) is 24.1 Å². The van der Waals surface area contributed by atoms with E-state index in [1.165, 1.54) is 19.3 Å². The molecule has 1 aliphatic rings. The van der Waals surface area contributed by atoms with Crippen LogP contribution in [0.3, 0.4) is 0 Å². The van der Waals surface area contributed by atoms with Gasteiger partial charge in [-0.3, -0.25) is 4.90 Å². The molecule has 3 heteroatoms. The van der Waals surface area contributed by atoms with Crippen molar-refractivity contribution in [1.82, 2.24) is 10.2 Å². The lowest BCUT2D eigenvalue weighted by atomic mass is 10.0. The molecule has 0 spiro atoms. The van der Waals surface area contributed by atoms with Crippen molar-refractivity contribution in [2.24, 2.45) is 0 Å². The highest BCUT2D eigenvalue weighted by atomic mass is 16.3. The third-order valence-corrected chi connectivity index (χ3v) is 4.21. The Labute approximate surface area is 116 Å². The Morgan fingerprint density at radius 2 is 2.16 bits per heavy atom. The van der Waals surface area contributed by atoms with Crippen LogP contribution in [0.5, 0.6) is 5.75 Å². The molecular weight excluding hydrogens is 236 g/mol. The van der Waals surface area contributed by atoms with E-state index in [0.29, 0.717) is 11.8 Å². The number of hydrogen-bond acceptors (Lipinski definition) is 3. The molecule has 0 aliphatic carbocycles.